The van der Waals surface area contributed by atoms with Gasteiger partial charge in [0.15, 0.2) is 0 Å². The summed E-state index contributed by atoms with van der Waals surface area (Å²) in [6.07, 6.45) is 0.116. The summed E-state index contributed by atoms with van der Waals surface area (Å²) in [6, 6.07) is 14.0. The highest BCUT2D eigenvalue weighted by molar-refractivity contribution is 9.10. The summed E-state index contributed by atoms with van der Waals surface area (Å²) in [5.74, 6) is 6.68. The first kappa shape index (κ1) is 16.0. The molecule has 3 nitrogen and oxygen atoms in total. The van der Waals surface area contributed by atoms with E-state index in [4.69, 9.17) is 10.6 Å². The number of ether oxygens (including phenoxy) is 1. The molecular formula is C17H21BrN2O. The molecule has 0 heterocycles. The molecule has 21 heavy (non-hydrogen) atoms. The van der Waals surface area contributed by atoms with Crippen molar-refractivity contribution < 1.29 is 4.74 Å². The maximum atomic E-state index is 5.91. The van der Waals surface area contributed by atoms with Crippen molar-refractivity contribution in [2.24, 2.45) is 5.84 Å². The molecule has 0 fully saturated rings. The summed E-state index contributed by atoms with van der Waals surface area (Å²) in [5.41, 5.74) is 6.20. The number of hydrogen-bond acceptors (Lipinski definition) is 3. The van der Waals surface area contributed by atoms with Gasteiger partial charge in [0.1, 0.15) is 5.75 Å². The van der Waals surface area contributed by atoms with Crippen LogP contribution in [0.15, 0.2) is 46.9 Å². The maximum Gasteiger partial charge on any atom is 0.124 e. The molecule has 1 atom stereocenters. The predicted molar refractivity (Wildman–Crippen MR) is 90.3 cm³/mol. The van der Waals surface area contributed by atoms with Crippen LogP contribution < -0.4 is 16.0 Å². The Balaban J connectivity index is 2.49. The van der Waals surface area contributed by atoms with Crippen LogP contribution in [-0.4, -0.2) is 6.10 Å². The molecule has 1 unspecified atom stereocenters. The van der Waals surface area contributed by atoms with Crippen LogP contribution in [0.4, 0.5) is 0 Å². The summed E-state index contributed by atoms with van der Waals surface area (Å²) in [5, 5.41) is 0. The lowest BCUT2D eigenvalue weighted by Gasteiger charge is -2.23. The molecule has 3 N–H and O–H groups in total. The van der Waals surface area contributed by atoms with E-state index >= 15 is 0 Å². The molecule has 112 valence electrons. The second-order valence-electron chi connectivity index (χ2n) is 5.28. The first-order chi connectivity index (χ1) is 10.0. The van der Waals surface area contributed by atoms with Gasteiger partial charge in [-0.05, 0) is 38.0 Å². The minimum Gasteiger partial charge on any atom is -0.491 e. The fraction of sp³-hybridized carbons (Fsp3) is 0.294. The van der Waals surface area contributed by atoms with Crippen LogP contribution >= 0.6 is 15.9 Å². The third-order valence-corrected chi connectivity index (χ3v) is 4.38. The molecule has 0 aliphatic rings. The zero-order valence-electron chi connectivity index (χ0n) is 12.6. The van der Waals surface area contributed by atoms with E-state index in [0.29, 0.717) is 0 Å². The highest BCUT2D eigenvalue weighted by atomic mass is 79.9. The van der Waals surface area contributed by atoms with E-state index in [1.165, 1.54) is 5.56 Å². The smallest absolute Gasteiger partial charge is 0.124 e. The average Bonchev–Trinajstić information content (AvgIpc) is 2.45. The number of hydrazine groups is 1. The Hall–Kier alpha value is -1.36. The van der Waals surface area contributed by atoms with E-state index in [2.05, 4.69) is 40.4 Å². The third kappa shape index (κ3) is 3.64. The lowest BCUT2D eigenvalue weighted by molar-refractivity contribution is 0.238. The minimum atomic E-state index is -0.130. The number of benzene rings is 2. The van der Waals surface area contributed by atoms with Gasteiger partial charge in [0.2, 0.25) is 0 Å². The van der Waals surface area contributed by atoms with E-state index in [1.807, 2.05) is 44.2 Å². The average molecular weight is 349 g/mol. The summed E-state index contributed by atoms with van der Waals surface area (Å²) in [4.78, 5) is 0. The van der Waals surface area contributed by atoms with Crippen LogP contribution in [0, 0.1) is 6.92 Å². The highest BCUT2D eigenvalue weighted by Crippen LogP contribution is 2.34. The highest BCUT2D eigenvalue weighted by Gasteiger charge is 2.20. The van der Waals surface area contributed by atoms with Gasteiger partial charge in [-0.3, -0.25) is 5.84 Å². The van der Waals surface area contributed by atoms with Gasteiger partial charge in [0.05, 0.1) is 12.1 Å². The summed E-state index contributed by atoms with van der Waals surface area (Å²) < 4.78 is 6.97. The fourth-order valence-corrected chi connectivity index (χ4v) is 2.81. The molecule has 2 aromatic carbocycles. The number of nitrogens with one attached hydrogen (secondary N) is 1. The van der Waals surface area contributed by atoms with Crippen LogP contribution in [0.5, 0.6) is 5.75 Å². The first-order valence-corrected chi connectivity index (χ1v) is 7.80. The fourth-order valence-electron chi connectivity index (χ4n) is 2.32. The number of rotatable bonds is 5. The number of hydrogen-bond donors (Lipinski definition) is 2. The predicted octanol–water partition coefficient (Wildman–Crippen LogP) is 4.10. The lowest BCUT2D eigenvalue weighted by Crippen LogP contribution is -2.29. The largest absolute Gasteiger partial charge is 0.491 e. The lowest BCUT2D eigenvalue weighted by atomic mass is 9.97. The van der Waals surface area contributed by atoms with Crippen molar-refractivity contribution in [1.29, 1.82) is 0 Å². The summed E-state index contributed by atoms with van der Waals surface area (Å²) >= 11 is 3.66. The molecule has 0 saturated heterocycles. The maximum absolute atomic E-state index is 5.91. The summed E-state index contributed by atoms with van der Waals surface area (Å²) in [7, 11) is 0. The molecule has 0 aliphatic heterocycles. The van der Waals surface area contributed by atoms with Gasteiger partial charge >= 0.3 is 0 Å². The van der Waals surface area contributed by atoms with Crippen LogP contribution in [-0.2, 0) is 0 Å². The van der Waals surface area contributed by atoms with Crippen molar-refractivity contribution in [3.05, 3.63) is 63.6 Å². The Bertz CT molecular complexity index is 613. The summed E-state index contributed by atoms with van der Waals surface area (Å²) in [6.45, 7) is 6.10. The van der Waals surface area contributed by atoms with Crippen molar-refractivity contribution in [2.75, 3.05) is 0 Å². The Labute approximate surface area is 134 Å². The zero-order valence-corrected chi connectivity index (χ0v) is 14.1. The Kier molecular flexibility index (Phi) is 5.39. The SMILES string of the molecule is Cc1cccc(C(NN)c2ccccc2OC(C)C)c1Br. The van der Waals surface area contributed by atoms with Crippen molar-refractivity contribution in [3.8, 4) is 5.75 Å². The van der Waals surface area contributed by atoms with Crippen LogP contribution in [0.2, 0.25) is 0 Å². The van der Waals surface area contributed by atoms with Gasteiger partial charge in [0, 0.05) is 10.0 Å². The molecule has 0 saturated carbocycles. The second-order valence-corrected chi connectivity index (χ2v) is 6.08. The molecule has 0 aliphatic carbocycles. The zero-order chi connectivity index (χ0) is 15.4. The first-order valence-electron chi connectivity index (χ1n) is 7.01. The Morgan fingerprint density at radius 1 is 1.05 bits per heavy atom. The standard InChI is InChI=1S/C17H21BrN2O/c1-11(2)21-15-10-5-4-8-13(15)17(20-19)14-9-6-7-12(3)16(14)18/h4-11,17,20H,19H2,1-3H3. The van der Waals surface area contributed by atoms with Gasteiger partial charge < -0.3 is 4.74 Å². The molecule has 0 bridgehead atoms. The Morgan fingerprint density at radius 2 is 1.71 bits per heavy atom. The van der Waals surface area contributed by atoms with Crippen LogP contribution in [0.25, 0.3) is 0 Å². The van der Waals surface area contributed by atoms with E-state index in [0.717, 1.165) is 21.3 Å². The van der Waals surface area contributed by atoms with E-state index in [9.17, 15) is 0 Å². The molecule has 4 heteroatoms. The number of nitrogens with two attached hydrogens (primary N) is 1. The number of aryl methyl sites for hydroxylation is 1. The van der Waals surface area contributed by atoms with E-state index in [-0.39, 0.29) is 12.1 Å². The molecule has 2 aromatic rings. The molecule has 0 amide bonds. The van der Waals surface area contributed by atoms with Crippen molar-refractivity contribution in [1.82, 2.24) is 5.43 Å². The quantitative estimate of drug-likeness (QED) is 0.631. The molecule has 2 rings (SSSR count). The van der Waals surface area contributed by atoms with Crippen molar-refractivity contribution in [2.45, 2.75) is 32.9 Å². The monoisotopic (exact) mass is 348 g/mol. The molecular weight excluding hydrogens is 328 g/mol. The number of para-hydroxylation sites is 1. The molecule has 0 aromatic heterocycles. The van der Waals surface area contributed by atoms with Crippen molar-refractivity contribution in [3.63, 3.8) is 0 Å². The van der Waals surface area contributed by atoms with Gasteiger partial charge in [-0.25, -0.2) is 5.43 Å². The van der Waals surface area contributed by atoms with Gasteiger partial charge in [-0.1, -0.05) is 52.3 Å². The van der Waals surface area contributed by atoms with Crippen molar-refractivity contribution >= 4 is 15.9 Å². The van der Waals surface area contributed by atoms with Gasteiger partial charge in [-0.2, -0.15) is 0 Å². The van der Waals surface area contributed by atoms with E-state index < -0.39 is 0 Å². The van der Waals surface area contributed by atoms with E-state index in [1.54, 1.807) is 0 Å². The normalized spacial score (nSPS) is 12.5. The van der Waals surface area contributed by atoms with Gasteiger partial charge in [-0.15, -0.1) is 0 Å². The minimum absolute atomic E-state index is 0.116. The van der Waals surface area contributed by atoms with Crippen LogP contribution in [0.1, 0.15) is 36.6 Å². The third-order valence-electron chi connectivity index (χ3n) is 3.29. The number of halogens is 1. The van der Waals surface area contributed by atoms with Crippen LogP contribution in [0.3, 0.4) is 0 Å². The molecule has 0 spiro atoms. The topological polar surface area (TPSA) is 47.3 Å². The van der Waals surface area contributed by atoms with Gasteiger partial charge in [0.25, 0.3) is 0 Å². The molecule has 0 radical (unpaired) electrons. The Morgan fingerprint density at radius 3 is 2.38 bits per heavy atom. The second kappa shape index (κ2) is 7.07.